The molecule has 3 amide bonds. The number of hydrogen-bond donors (Lipinski definition) is 2. The number of nitrogens with zero attached hydrogens (tertiary/aromatic N) is 1. The molecule has 0 radical (unpaired) electrons. The number of carbonyl (C=O) groups is 3. The molecule has 0 aromatic heterocycles. The number of urea groups is 1. The number of anilines is 1. The third-order valence-corrected chi connectivity index (χ3v) is 5.05. The predicted octanol–water partition coefficient (Wildman–Crippen LogP) is 3.16. The van der Waals surface area contributed by atoms with Gasteiger partial charge in [0.1, 0.15) is 13.2 Å². The molecule has 2 aliphatic heterocycles. The zero-order valence-electron chi connectivity index (χ0n) is 15.6. The number of nitrogens with one attached hydrogen (secondary N) is 2. The van der Waals surface area contributed by atoms with Crippen LogP contribution in [0.5, 0.6) is 0 Å². The van der Waals surface area contributed by atoms with Crippen molar-refractivity contribution in [3.63, 3.8) is 0 Å². The molecule has 0 unspecified atom stereocenters. The fraction of sp³-hybridized carbons (Fsp3) is 0.190. The summed E-state index contributed by atoms with van der Waals surface area (Å²) in [5, 5.41) is 5.99. The third kappa shape index (κ3) is 3.82. The Hall–Kier alpha value is -3.32. The van der Waals surface area contributed by atoms with Crippen LogP contribution in [0.3, 0.4) is 0 Å². The van der Waals surface area contributed by atoms with Gasteiger partial charge in [-0.3, -0.25) is 9.69 Å². The van der Waals surface area contributed by atoms with Crippen molar-refractivity contribution in [1.29, 1.82) is 0 Å². The maximum Gasteiger partial charge on any atom is 0.338 e. The molecule has 0 saturated heterocycles. The molecule has 0 spiro atoms. The van der Waals surface area contributed by atoms with Crippen LogP contribution in [0.4, 0.5) is 10.5 Å². The van der Waals surface area contributed by atoms with E-state index in [1.54, 1.807) is 24.3 Å². The minimum absolute atomic E-state index is 0.0472. The first-order chi connectivity index (χ1) is 13.9. The molecular formula is C21H18ClN3O4. The minimum atomic E-state index is -0.611. The molecule has 0 fully saturated rings. The van der Waals surface area contributed by atoms with Gasteiger partial charge in [-0.25, -0.2) is 9.59 Å². The van der Waals surface area contributed by atoms with E-state index < -0.39 is 23.9 Å². The number of ether oxygens (including phenoxy) is 1. The highest BCUT2D eigenvalue weighted by Gasteiger charge is 2.42. The van der Waals surface area contributed by atoms with Crippen LogP contribution in [0.15, 0.2) is 59.8 Å². The third-order valence-electron chi connectivity index (χ3n) is 4.82. The molecule has 1 atom stereocenters. The summed E-state index contributed by atoms with van der Waals surface area (Å²) in [7, 11) is 0. The van der Waals surface area contributed by atoms with Gasteiger partial charge in [0, 0.05) is 10.7 Å². The van der Waals surface area contributed by atoms with E-state index in [0.717, 1.165) is 11.1 Å². The van der Waals surface area contributed by atoms with Crippen LogP contribution in [0.25, 0.3) is 0 Å². The zero-order valence-corrected chi connectivity index (χ0v) is 16.3. The van der Waals surface area contributed by atoms with E-state index in [4.69, 9.17) is 16.3 Å². The Morgan fingerprint density at radius 1 is 1.24 bits per heavy atom. The first kappa shape index (κ1) is 19.0. The smallest absolute Gasteiger partial charge is 0.338 e. The maximum atomic E-state index is 12.7. The Labute approximate surface area is 172 Å². The Bertz CT molecular complexity index is 1030. The van der Waals surface area contributed by atoms with Gasteiger partial charge < -0.3 is 15.4 Å². The number of amides is 3. The number of hydrogen-bond acceptors (Lipinski definition) is 4. The van der Waals surface area contributed by atoms with Gasteiger partial charge in [0.05, 0.1) is 17.3 Å². The Kier molecular flexibility index (Phi) is 4.98. The molecule has 2 heterocycles. The molecule has 7 nitrogen and oxygen atoms in total. The monoisotopic (exact) mass is 411 g/mol. The summed E-state index contributed by atoms with van der Waals surface area (Å²) in [6, 6.07) is 13.2. The number of carbonyl (C=O) groups excluding carboxylic acids is 3. The molecule has 2 aromatic carbocycles. The summed E-state index contributed by atoms with van der Waals surface area (Å²) >= 11 is 5.93. The summed E-state index contributed by atoms with van der Waals surface area (Å²) in [4.78, 5) is 38.8. The van der Waals surface area contributed by atoms with Gasteiger partial charge in [-0.15, -0.1) is 0 Å². The molecule has 8 heteroatoms. The maximum absolute atomic E-state index is 12.7. The highest BCUT2D eigenvalue weighted by Crippen LogP contribution is 2.35. The van der Waals surface area contributed by atoms with Crippen LogP contribution < -0.4 is 10.6 Å². The second-order valence-corrected chi connectivity index (χ2v) is 7.31. The number of benzene rings is 2. The van der Waals surface area contributed by atoms with Gasteiger partial charge in [-0.05, 0) is 30.7 Å². The van der Waals surface area contributed by atoms with Crippen molar-refractivity contribution in [2.45, 2.75) is 13.0 Å². The average Bonchev–Trinajstić information content (AvgIpc) is 3.06. The molecule has 2 aromatic rings. The molecule has 0 bridgehead atoms. The van der Waals surface area contributed by atoms with Gasteiger partial charge in [0.15, 0.2) is 0 Å². The summed E-state index contributed by atoms with van der Waals surface area (Å²) in [5.74, 6) is -0.909. The topological polar surface area (TPSA) is 87.7 Å². The molecule has 2 aliphatic rings. The van der Waals surface area contributed by atoms with Gasteiger partial charge in [-0.1, -0.05) is 47.5 Å². The van der Waals surface area contributed by atoms with Crippen LogP contribution in [0.2, 0.25) is 5.02 Å². The second kappa shape index (κ2) is 7.60. The van der Waals surface area contributed by atoms with E-state index in [2.05, 4.69) is 10.6 Å². The van der Waals surface area contributed by atoms with Crippen LogP contribution in [0.1, 0.15) is 17.2 Å². The van der Waals surface area contributed by atoms with Crippen LogP contribution in [-0.2, 0) is 14.3 Å². The molecular weight excluding hydrogens is 394 g/mol. The number of rotatable bonds is 4. The normalized spacial score (nSPS) is 18.3. The van der Waals surface area contributed by atoms with Crippen molar-refractivity contribution >= 4 is 35.2 Å². The minimum Gasteiger partial charge on any atom is -0.456 e. The SMILES string of the molecule is Cc1ccc([C@@H]2NC(=O)N(CC(=O)Nc3cccc(Cl)c3)C3=C2C(=O)OC3)cc1. The zero-order chi connectivity index (χ0) is 20.5. The molecule has 29 heavy (non-hydrogen) atoms. The number of cyclic esters (lactones) is 1. The van der Waals surface area contributed by atoms with Crippen molar-refractivity contribution in [2.24, 2.45) is 0 Å². The highest BCUT2D eigenvalue weighted by molar-refractivity contribution is 6.30. The van der Waals surface area contributed by atoms with E-state index >= 15 is 0 Å². The molecule has 4 rings (SSSR count). The van der Waals surface area contributed by atoms with Gasteiger partial charge in [0.25, 0.3) is 0 Å². The fourth-order valence-electron chi connectivity index (χ4n) is 3.40. The van der Waals surface area contributed by atoms with Crippen LogP contribution >= 0.6 is 11.6 Å². The lowest BCUT2D eigenvalue weighted by atomic mass is 9.95. The summed E-state index contributed by atoms with van der Waals surface area (Å²) in [6.07, 6.45) is 0. The first-order valence-corrected chi connectivity index (χ1v) is 9.40. The molecule has 2 N–H and O–H groups in total. The van der Waals surface area contributed by atoms with E-state index in [1.807, 2.05) is 31.2 Å². The van der Waals surface area contributed by atoms with E-state index in [1.165, 1.54) is 4.90 Å². The standard InChI is InChI=1S/C21H18ClN3O4/c1-12-5-7-13(8-6-12)19-18-16(11-29-20(18)27)25(21(28)24-19)10-17(26)23-15-4-2-3-14(22)9-15/h2-9,19H,10-11H2,1H3,(H,23,26)(H,24,28)/t19-/m0/s1. The summed E-state index contributed by atoms with van der Waals surface area (Å²) in [5.41, 5.74) is 3.12. The van der Waals surface area contributed by atoms with E-state index in [0.29, 0.717) is 22.0 Å². The lowest BCUT2D eigenvalue weighted by Gasteiger charge is -2.32. The van der Waals surface area contributed by atoms with E-state index in [-0.39, 0.29) is 13.2 Å². The first-order valence-electron chi connectivity index (χ1n) is 9.02. The number of halogens is 1. The van der Waals surface area contributed by atoms with Crippen LogP contribution in [-0.4, -0.2) is 36.0 Å². The Morgan fingerprint density at radius 2 is 2.00 bits per heavy atom. The number of esters is 1. The number of aryl methyl sites for hydroxylation is 1. The fourth-order valence-corrected chi connectivity index (χ4v) is 3.59. The van der Waals surface area contributed by atoms with Crippen molar-refractivity contribution in [1.82, 2.24) is 10.2 Å². The molecule has 0 aliphatic carbocycles. The summed E-state index contributed by atoms with van der Waals surface area (Å²) < 4.78 is 5.17. The quantitative estimate of drug-likeness (QED) is 0.756. The van der Waals surface area contributed by atoms with Crippen molar-refractivity contribution in [3.05, 3.63) is 76.0 Å². The van der Waals surface area contributed by atoms with Crippen LogP contribution in [0, 0.1) is 6.92 Å². The lowest BCUT2D eigenvalue weighted by molar-refractivity contribution is -0.136. The average molecular weight is 412 g/mol. The van der Waals surface area contributed by atoms with E-state index in [9.17, 15) is 14.4 Å². The second-order valence-electron chi connectivity index (χ2n) is 6.87. The van der Waals surface area contributed by atoms with Crippen molar-refractivity contribution in [2.75, 3.05) is 18.5 Å². The van der Waals surface area contributed by atoms with Crippen molar-refractivity contribution < 1.29 is 19.1 Å². The van der Waals surface area contributed by atoms with Gasteiger partial charge in [-0.2, -0.15) is 0 Å². The molecule has 0 saturated carbocycles. The van der Waals surface area contributed by atoms with Gasteiger partial charge in [0.2, 0.25) is 5.91 Å². The predicted molar refractivity (Wildman–Crippen MR) is 107 cm³/mol. The Balaban J connectivity index is 1.59. The molecule has 148 valence electrons. The summed E-state index contributed by atoms with van der Waals surface area (Å²) in [6.45, 7) is 1.65. The largest absolute Gasteiger partial charge is 0.456 e. The van der Waals surface area contributed by atoms with Gasteiger partial charge >= 0.3 is 12.0 Å². The lowest BCUT2D eigenvalue weighted by Crippen LogP contribution is -2.49. The highest BCUT2D eigenvalue weighted by atomic mass is 35.5. The Morgan fingerprint density at radius 3 is 2.72 bits per heavy atom. The van der Waals surface area contributed by atoms with Crippen molar-refractivity contribution in [3.8, 4) is 0 Å².